The number of hydrogen-bond donors (Lipinski definition) is 2. The molecule has 0 aliphatic rings. The van der Waals surface area contributed by atoms with Crippen LogP contribution in [0.15, 0.2) is 47.6 Å². The van der Waals surface area contributed by atoms with Gasteiger partial charge in [0.15, 0.2) is 0 Å². The van der Waals surface area contributed by atoms with E-state index in [9.17, 15) is 19.7 Å². The van der Waals surface area contributed by atoms with Gasteiger partial charge < -0.3 is 5.32 Å². The van der Waals surface area contributed by atoms with Gasteiger partial charge in [-0.15, -0.1) is 0 Å². The zero-order valence-electron chi connectivity index (χ0n) is 13.1. The molecule has 0 aliphatic carbocycles. The molecule has 0 fully saturated rings. The number of nitrogens with one attached hydrogen (secondary N) is 2. The van der Waals surface area contributed by atoms with Crippen molar-refractivity contribution in [3.05, 3.63) is 73.8 Å². The van der Waals surface area contributed by atoms with Gasteiger partial charge in [-0.25, -0.2) is 5.43 Å². The van der Waals surface area contributed by atoms with Crippen LogP contribution >= 0.6 is 23.2 Å². The number of amides is 2. The fraction of sp³-hybridized carbons (Fsp3) is 0.0625. The average molecular weight is 395 g/mol. The largest absolute Gasteiger partial charge is 0.344 e. The van der Waals surface area contributed by atoms with Gasteiger partial charge in [0.25, 0.3) is 5.69 Å². The molecule has 0 bridgehead atoms. The van der Waals surface area contributed by atoms with Gasteiger partial charge in [-0.2, -0.15) is 5.10 Å². The number of nitrogens with zero attached hydrogens (tertiary/aromatic N) is 2. The molecule has 8 nitrogen and oxygen atoms in total. The minimum absolute atomic E-state index is 0.0385. The van der Waals surface area contributed by atoms with Crippen molar-refractivity contribution in [2.75, 3.05) is 0 Å². The second-order valence-corrected chi connectivity index (χ2v) is 5.81. The SMILES string of the molecule is O=C(NCc1ccc(Cl)cc1Cl)C(=O)N/N=C/c1cccc([N+](=O)[O-])c1. The number of non-ortho nitro benzene ring substituents is 1. The van der Waals surface area contributed by atoms with Gasteiger partial charge >= 0.3 is 11.8 Å². The predicted molar refractivity (Wildman–Crippen MR) is 97.1 cm³/mol. The van der Waals surface area contributed by atoms with Crippen LogP contribution in [-0.4, -0.2) is 23.0 Å². The highest BCUT2D eigenvalue weighted by Gasteiger charge is 2.13. The zero-order valence-corrected chi connectivity index (χ0v) is 14.6. The lowest BCUT2D eigenvalue weighted by Gasteiger charge is -2.06. The Bertz CT molecular complexity index is 886. The second-order valence-electron chi connectivity index (χ2n) is 4.97. The van der Waals surface area contributed by atoms with Gasteiger partial charge in [-0.05, 0) is 17.7 Å². The zero-order chi connectivity index (χ0) is 19.1. The normalized spacial score (nSPS) is 10.5. The molecule has 0 unspecified atom stereocenters. The first-order valence-corrected chi connectivity index (χ1v) is 7.92. The third-order valence-electron chi connectivity index (χ3n) is 3.12. The van der Waals surface area contributed by atoms with E-state index in [1.54, 1.807) is 18.2 Å². The second kappa shape index (κ2) is 8.93. The van der Waals surface area contributed by atoms with Gasteiger partial charge in [0.2, 0.25) is 0 Å². The van der Waals surface area contributed by atoms with Crippen LogP contribution in [0.5, 0.6) is 0 Å². The van der Waals surface area contributed by atoms with Crippen LogP contribution in [0.4, 0.5) is 5.69 Å². The van der Waals surface area contributed by atoms with E-state index in [0.29, 0.717) is 21.2 Å². The third-order valence-corrected chi connectivity index (χ3v) is 3.71. The summed E-state index contributed by atoms with van der Waals surface area (Å²) < 4.78 is 0. The van der Waals surface area contributed by atoms with Crippen LogP contribution in [0, 0.1) is 10.1 Å². The number of nitro benzene ring substituents is 1. The highest BCUT2D eigenvalue weighted by Crippen LogP contribution is 2.20. The van der Waals surface area contributed by atoms with Crippen LogP contribution < -0.4 is 10.7 Å². The van der Waals surface area contributed by atoms with E-state index in [4.69, 9.17) is 23.2 Å². The fourth-order valence-corrected chi connectivity index (χ4v) is 2.33. The summed E-state index contributed by atoms with van der Waals surface area (Å²) in [7, 11) is 0. The first-order chi connectivity index (χ1) is 12.4. The maximum atomic E-state index is 11.7. The molecule has 0 saturated carbocycles. The van der Waals surface area contributed by atoms with Crippen molar-refractivity contribution in [1.29, 1.82) is 0 Å². The van der Waals surface area contributed by atoms with Crippen molar-refractivity contribution in [2.45, 2.75) is 6.54 Å². The summed E-state index contributed by atoms with van der Waals surface area (Å²) in [5.41, 5.74) is 2.91. The topological polar surface area (TPSA) is 114 Å². The van der Waals surface area contributed by atoms with Gasteiger partial charge in [-0.1, -0.05) is 41.4 Å². The van der Waals surface area contributed by atoms with E-state index < -0.39 is 16.7 Å². The minimum atomic E-state index is -0.989. The van der Waals surface area contributed by atoms with Crippen LogP contribution in [0.2, 0.25) is 10.0 Å². The number of hydrazone groups is 1. The lowest BCUT2D eigenvalue weighted by Crippen LogP contribution is -2.37. The van der Waals surface area contributed by atoms with Crippen molar-refractivity contribution < 1.29 is 14.5 Å². The van der Waals surface area contributed by atoms with E-state index in [1.165, 1.54) is 30.5 Å². The molecule has 2 aromatic carbocycles. The molecule has 26 heavy (non-hydrogen) atoms. The molecule has 2 aromatic rings. The number of halogens is 2. The number of hydrogen-bond acceptors (Lipinski definition) is 5. The molecule has 0 saturated heterocycles. The monoisotopic (exact) mass is 394 g/mol. The van der Waals surface area contributed by atoms with Gasteiger partial charge in [0, 0.05) is 34.3 Å². The number of carbonyl (C=O) groups excluding carboxylic acids is 2. The van der Waals surface area contributed by atoms with Crippen molar-refractivity contribution in [3.8, 4) is 0 Å². The van der Waals surface area contributed by atoms with Crippen molar-refractivity contribution in [3.63, 3.8) is 0 Å². The number of nitro groups is 1. The predicted octanol–water partition coefficient (Wildman–Crippen LogP) is 2.67. The Balaban J connectivity index is 1.88. The number of benzene rings is 2. The molecule has 134 valence electrons. The third kappa shape index (κ3) is 5.54. The van der Waals surface area contributed by atoms with Gasteiger partial charge in [0.05, 0.1) is 11.1 Å². The Morgan fingerprint density at radius 1 is 1.15 bits per heavy atom. The van der Waals surface area contributed by atoms with E-state index in [2.05, 4.69) is 10.4 Å². The maximum absolute atomic E-state index is 11.7. The molecule has 0 heterocycles. The molecule has 0 atom stereocenters. The standard InChI is InChI=1S/C16H12Cl2N4O4/c17-12-5-4-11(14(18)7-12)9-19-15(23)16(24)21-20-8-10-2-1-3-13(6-10)22(25)26/h1-8H,9H2,(H,19,23)(H,21,24)/b20-8+. The van der Waals surface area contributed by atoms with E-state index >= 15 is 0 Å². The lowest BCUT2D eigenvalue weighted by molar-refractivity contribution is -0.384. The summed E-state index contributed by atoms with van der Waals surface area (Å²) in [6.07, 6.45) is 1.19. The van der Waals surface area contributed by atoms with E-state index in [1.807, 2.05) is 5.43 Å². The van der Waals surface area contributed by atoms with Crippen molar-refractivity contribution in [1.82, 2.24) is 10.7 Å². The highest BCUT2D eigenvalue weighted by molar-refractivity contribution is 6.36. The smallest absolute Gasteiger partial charge is 0.329 e. The summed E-state index contributed by atoms with van der Waals surface area (Å²) in [5, 5.41) is 17.5. The van der Waals surface area contributed by atoms with E-state index in [0.717, 1.165) is 0 Å². The number of rotatable bonds is 5. The first-order valence-electron chi connectivity index (χ1n) is 7.16. The van der Waals surface area contributed by atoms with Crippen molar-refractivity contribution in [2.24, 2.45) is 5.10 Å². The lowest BCUT2D eigenvalue weighted by atomic mass is 10.2. The summed E-state index contributed by atoms with van der Waals surface area (Å²) in [4.78, 5) is 33.5. The van der Waals surface area contributed by atoms with Gasteiger partial charge in [-0.3, -0.25) is 19.7 Å². The first kappa shape index (κ1) is 19.4. The number of carbonyl (C=O) groups is 2. The molecule has 0 radical (unpaired) electrons. The van der Waals surface area contributed by atoms with Crippen LogP contribution in [0.3, 0.4) is 0 Å². The Labute approximate surface area is 157 Å². The maximum Gasteiger partial charge on any atom is 0.329 e. The van der Waals surface area contributed by atoms with Gasteiger partial charge in [0.1, 0.15) is 0 Å². The molecule has 10 heteroatoms. The van der Waals surface area contributed by atoms with Crippen molar-refractivity contribution >= 4 is 46.9 Å². The summed E-state index contributed by atoms with van der Waals surface area (Å²) in [6.45, 7) is 0.0385. The molecule has 0 aliphatic heterocycles. The molecule has 2 rings (SSSR count). The Morgan fingerprint density at radius 3 is 2.62 bits per heavy atom. The van der Waals surface area contributed by atoms with Crippen LogP contribution in [-0.2, 0) is 16.1 Å². The quantitative estimate of drug-likeness (QED) is 0.351. The fourth-order valence-electron chi connectivity index (χ4n) is 1.86. The highest BCUT2D eigenvalue weighted by atomic mass is 35.5. The Morgan fingerprint density at radius 2 is 1.92 bits per heavy atom. The summed E-state index contributed by atoms with van der Waals surface area (Å²) in [5.74, 6) is -1.90. The van der Waals surface area contributed by atoms with E-state index in [-0.39, 0.29) is 12.2 Å². The summed E-state index contributed by atoms with van der Waals surface area (Å²) >= 11 is 11.7. The molecule has 0 aromatic heterocycles. The summed E-state index contributed by atoms with van der Waals surface area (Å²) in [6, 6.07) is 10.4. The molecule has 2 amide bonds. The van der Waals surface area contributed by atoms with Crippen LogP contribution in [0.1, 0.15) is 11.1 Å². The molecular formula is C16H12Cl2N4O4. The van der Waals surface area contributed by atoms with Crippen LogP contribution in [0.25, 0.3) is 0 Å². The Kier molecular flexibility index (Phi) is 6.65. The Hall–Kier alpha value is -2.97. The molecule has 2 N–H and O–H groups in total. The molecular weight excluding hydrogens is 383 g/mol. The average Bonchev–Trinajstić information content (AvgIpc) is 2.60. The molecule has 0 spiro atoms. The minimum Gasteiger partial charge on any atom is -0.344 e.